The van der Waals surface area contributed by atoms with Gasteiger partial charge in [0.2, 0.25) is 5.91 Å². The summed E-state index contributed by atoms with van der Waals surface area (Å²) in [4.78, 5) is 15.5. The quantitative estimate of drug-likeness (QED) is 0.735. The zero-order chi connectivity index (χ0) is 17.5. The van der Waals surface area contributed by atoms with Crippen molar-refractivity contribution in [3.8, 4) is 5.75 Å². The molecule has 5 nitrogen and oxygen atoms in total. The van der Waals surface area contributed by atoms with Gasteiger partial charge in [0, 0.05) is 24.1 Å². The fraction of sp³-hybridized carbons (Fsp3) is 0.368. The highest BCUT2D eigenvalue weighted by molar-refractivity contribution is 7.84. The van der Waals surface area contributed by atoms with Crippen LogP contribution in [0, 0.1) is 0 Å². The first-order chi connectivity index (χ1) is 12.2. The van der Waals surface area contributed by atoms with Crippen LogP contribution in [0.3, 0.4) is 0 Å². The highest BCUT2D eigenvalue weighted by Gasteiger charge is 2.14. The fourth-order valence-electron chi connectivity index (χ4n) is 2.74. The zero-order valence-electron chi connectivity index (χ0n) is 14.1. The summed E-state index contributed by atoms with van der Waals surface area (Å²) in [6, 6.07) is 11.3. The molecular formula is C19H22N2O3S. The molecule has 0 spiro atoms. The van der Waals surface area contributed by atoms with Gasteiger partial charge < -0.3 is 10.1 Å². The summed E-state index contributed by atoms with van der Waals surface area (Å²) < 4.78 is 17.8. The number of aromatic nitrogens is 1. The lowest BCUT2D eigenvalue weighted by atomic mass is 10.0. The van der Waals surface area contributed by atoms with E-state index in [1.807, 2.05) is 30.3 Å². The standard InChI is InChI=1S/C19H22N2O3S/c22-18-10-7-15-14-16(8-9-17(15)21-18)24-12-4-1-5-13-25(23)19-6-2-3-11-20-19/h2-3,6,8-9,11,14H,1,4-5,7,10,12-13H2,(H,21,22). The van der Waals surface area contributed by atoms with E-state index in [1.165, 1.54) is 0 Å². The van der Waals surface area contributed by atoms with Gasteiger partial charge in [0.05, 0.1) is 17.4 Å². The Kier molecular flexibility index (Phi) is 6.17. The minimum Gasteiger partial charge on any atom is -0.494 e. The number of ether oxygens (including phenoxy) is 1. The highest BCUT2D eigenvalue weighted by Crippen LogP contribution is 2.26. The number of unbranched alkanes of at least 4 members (excludes halogenated alkanes) is 2. The smallest absolute Gasteiger partial charge is 0.224 e. The number of carbonyl (C=O) groups is 1. The van der Waals surface area contributed by atoms with E-state index in [4.69, 9.17) is 4.74 Å². The number of pyridine rings is 1. The van der Waals surface area contributed by atoms with Crippen molar-refractivity contribution < 1.29 is 13.7 Å². The van der Waals surface area contributed by atoms with Crippen molar-refractivity contribution in [2.75, 3.05) is 17.7 Å². The molecule has 6 heteroatoms. The first-order valence-corrected chi connectivity index (χ1v) is 9.89. The number of amides is 1. The first kappa shape index (κ1) is 17.6. The zero-order valence-corrected chi connectivity index (χ0v) is 14.9. The van der Waals surface area contributed by atoms with Crippen LogP contribution in [0.2, 0.25) is 0 Å². The molecule has 2 aromatic rings. The molecule has 0 radical (unpaired) electrons. The number of aryl methyl sites for hydroxylation is 1. The van der Waals surface area contributed by atoms with Crippen LogP contribution < -0.4 is 10.1 Å². The Hall–Kier alpha value is -2.21. The number of nitrogens with zero attached hydrogens (tertiary/aromatic N) is 1. The summed E-state index contributed by atoms with van der Waals surface area (Å²) in [6.45, 7) is 0.640. The SMILES string of the molecule is O=C1CCc2cc(OCCCCCS(=O)c3ccccn3)ccc2N1. The summed E-state index contributed by atoms with van der Waals surface area (Å²) in [5, 5.41) is 3.52. The molecule has 0 saturated carbocycles. The average Bonchev–Trinajstić information content (AvgIpc) is 2.65. The predicted octanol–water partition coefficient (Wildman–Crippen LogP) is 3.32. The van der Waals surface area contributed by atoms with Gasteiger partial charge in [-0.25, -0.2) is 4.98 Å². The van der Waals surface area contributed by atoms with Gasteiger partial charge in [-0.1, -0.05) is 6.07 Å². The van der Waals surface area contributed by atoms with Gasteiger partial charge in [-0.15, -0.1) is 0 Å². The van der Waals surface area contributed by atoms with Crippen molar-refractivity contribution in [1.82, 2.24) is 4.98 Å². The van der Waals surface area contributed by atoms with Gasteiger partial charge in [0.25, 0.3) is 0 Å². The summed E-state index contributed by atoms with van der Waals surface area (Å²) >= 11 is 0. The molecular weight excluding hydrogens is 336 g/mol. The Balaban J connectivity index is 1.35. The van der Waals surface area contributed by atoms with E-state index in [0.717, 1.165) is 42.7 Å². The minimum absolute atomic E-state index is 0.0734. The van der Waals surface area contributed by atoms with Crippen molar-refractivity contribution in [2.45, 2.75) is 37.1 Å². The van der Waals surface area contributed by atoms with Crippen molar-refractivity contribution in [3.63, 3.8) is 0 Å². The highest BCUT2D eigenvalue weighted by atomic mass is 32.2. The number of fused-ring (bicyclic) bond motifs is 1. The van der Waals surface area contributed by atoms with Crippen LogP contribution in [0.4, 0.5) is 5.69 Å². The molecule has 25 heavy (non-hydrogen) atoms. The van der Waals surface area contributed by atoms with E-state index < -0.39 is 10.8 Å². The maximum Gasteiger partial charge on any atom is 0.224 e. The number of nitrogens with one attached hydrogen (secondary N) is 1. The summed E-state index contributed by atoms with van der Waals surface area (Å²) in [5.74, 6) is 1.55. The van der Waals surface area contributed by atoms with Crippen LogP contribution in [-0.2, 0) is 22.0 Å². The molecule has 0 bridgehead atoms. The second-order valence-corrected chi connectivity index (χ2v) is 7.51. The van der Waals surface area contributed by atoms with Crippen LogP contribution >= 0.6 is 0 Å². The van der Waals surface area contributed by atoms with E-state index in [2.05, 4.69) is 10.3 Å². The molecule has 1 amide bonds. The molecule has 1 aliphatic heterocycles. The third-order valence-electron chi connectivity index (χ3n) is 4.09. The van der Waals surface area contributed by atoms with Crippen molar-refractivity contribution in [1.29, 1.82) is 0 Å². The Morgan fingerprint density at radius 1 is 1.12 bits per heavy atom. The van der Waals surface area contributed by atoms with Gasteiger partial charge in [-0.05, 0) is 61.6 Å². The van der Waals surface area contributed by atoms with E-state index in [0.29, 0.717) is 23.8 Å². The van der Waals surface area contributed by atoms with Crippen LogP contribution in [0.25, 0.3) is 0 Å². The lowest BCUT2D eigenvalue weighted by molar-refractivity contribution is -0.116. The van der Waals surface area contributed by atoms with Crippen molar-refractivity contribution >= 4 is 22.4 Å². The molecule has 1 aliphatic rings. The predicted molar refractivity (Wildman–Crippen MR) is 98.3 cm³/mol. The van der Waals surface area contributed by atoms with Gasteiger partial charge in [0.15, 0.2) is 0 Å². The Morgan fingerprint density at radius 3 is 2.88 bits per heavy atom. The lowest BCUT2D eigenvalue weighted by Gasteiger charge is -2.17. The summed E-state index contributed by atoms with van der Waals surface area (Å²) in [7, 11) is -1.02. The Bertz CT molecular complexity index is 750. The minimum atomic E-state index is -1.02. The maximum atomic E-state index is 12.0. The molecule has 3 rings (SSSR count). The molecule has 1 N–H and O–H groups in total. The summed E-state index contributed by atoms with van der Waals surface area (Å²) in [5.41, 5.74) is 2.02. The second-order valence-electron chi connectivity index (χ2n) is 5.99. The fourth-order valence-corrected chi connectivity index (χ4v) is 3.82. The molecule has 132 valence electrons. The molecule has 1 aromatic heterocycles. The van der Waals surface area contributed by atoms with Gasteiger partial charge in [-0.3, -0.25) is 9.00 Å². The summed E-state index contributed by atoms with van der Waals surface area (Å²) in [6.07, 6.45) is 5.75. The number of benzene rings is 1. The Morgan fingerprint density at radius 2 is 2.04 bits per heavy atom. The molecule has 0 fully saturated rings. The van der Waals surface area contributed by atoms with E-state index in [9.17, 15) is 9.00 Å². The third-order valence-corrected chi connectivity index (χ3v) is 5.45. The first-order valence-electron chi connectivity index (χ1n) is 8.57. The number of carbonyl (C=O) groups excluding carboxylic acids is 1. The number of hydrogen-bond donors (Lipinski definition) is 1. The van der Waals surface area contributed by atoms with Crippen LogP contribution in [-0.4, -0.2) is 27.5 Å². The third kappa shape index (κ3) is 5.13. The van der Waals surface area contributed by atoms with Gasteiger partial charge >= 0.3 is 0 Å². The second kappa shape index (κ2) is 8.76. The molecule has 0 saturated heterocycles. The number of hydrogen-bond acceptors (Lipinski definition) is 4. The van der Waals surface area contributed by atoms with Crippen LogP contribution in [0.1, 0.15) is 31.2 Å². The van der Waals surface area contributed by atoms with Crippen LogP contribution in [0.5, 0.6) is 5.75 Å². The van der Waals surface area contributed by atoms with E-state index in [1.54, 1.807) is 12.3 Å². The molecule has 1 unspecified atom stereocenters. The average molecular weight is 358 g/mol. The largest absolute Gasteiger partial charge is 0.494 e. The van der Waals surface area contributed by atoms with Crippen molar-refractivity contribution in [2.24, 2.45) is 0 Å². The maximum absolute atomic E-state index is 12.0. The number of rotatable bonds is 8. The normalized spacial score (nSPS) is 14.5. The van der Waals surface area contributed by atoms with Gasteiger partial charge in [0.1, 0.15) is 10.8 Å². The van der Waals surface area contributed by atoms with Crippen molar-refractivity contribution in [3.05, 3.63) is 48.2 Å². The Labute approximate surface area is 150 Å². The van der Waals surface area contributed by atoms with Gasteiger partial charge in [-0.2, -0.15) is 0 Å². The molecule has 1 aromatic carbocycles. The topological polar surface area (TPSA) is 68.3 Å². The molecule has 0 aliphatic carbocycles. The van der Waals surface area contributed by atoms with E-state index >= 15 is 0 Å². The van der Waals surface area contributed by atoms with E-state index in [-0.39, 0.29) is 5.91 Å². The molecule has 1 atom stereocenters. The lowest BCUT2D eigenvalue weighted by Crippen LogP contribution is -2.18. The van der Waals surface area contributed by atoms with Crippen LogP contribution in [0.15, 0.2) is 47.6 Å². The monoisotopic (exact) mass is 358 g/mol. The number of anilines is 1. The molecule has 2 heterocycles.